The molecule has 0 aromatic heterocycles. The lowest BCUT2D eigenvalue weighted by Gasteiger charge is -2.17. The Morgan fingerprint density at radius 2 is 2.29 bits per heavy atom. The third-order valence-electron chi connectivity index (χ3n) is 3.56. The van der Waals surface area contributed by atoms with Gasteiger partial charge in [0.25, 0.3) is 0 Å². The molecule has 0 spiro atoms. The molecule has 0 saturated carbocycles. The molecule has 0 radical (unpaired) electrons. The number of rotatable bonds is 3. The summed E-state index contributed by atoms with van der Waals surface area (Å²) in [5.74, 6) is 0. The van der Waals surface area contributed by atoms with Crippen molar-refractivity contribution in [3.8, 4) is 0 Å². The molecule has 2 aliphatic rings. The van der Waals surface area contributed by atoms with Crippen LogP contribution in [0.5, 0.6) is 0 Å². The van der Waals surface area contributed by atoms with Crippen LogP contribution < -0.4 is 16.0 Å². The van der Waals surface area contributed by atoms with Gasteiger partial charge in [-0.25, -0.2) is 4.79 Å². The van der Waals surface area contributed by atoms with Crippen molar-refractivity contribution in [1.82, 2.24) is 16.0 Å². The summed E-state index contributed by atoms with van der Waals surface area (Å²) in [4.78, 5) is 14.9. The zero-order chi connectivity index (χ0) is 15.0. The van der Waals surface area contributed by atoms with Gasteiger partial charge in [-0.2, -0.15) is 0 Å². The van der Waals surface area contributed by atoms with E-state index in [4.69, 9.17) is 16.7 Å². The van der Waals surface area contributed by atoms with E-state index in [1.165, 1.54) is 0 Å². The molecule has 6 nitrogen and oxygen atoms in total. The van der Waals surface area contributed by atoms with Gasteiger partial charge in [-0.15, -0.1) is 0 Å². The van der Waals surface area contributed by atoms with Crippen molar-refractivity contribution in [3.63, 3.8) is 0 Å². The van der Waals surface area contributed by atoms with Gasteiger partial charge < -0.3 is 15.7 Å². The Morgan fingerprint density at radius 1 is 1.48 bits per heavy atom. The van der Waals surface area contributed by atoms with Gasteiger partial charge in [0.2, 0.25) is 0 Å². The molecule has 1 aromatic rings. The zero-order valence-electron chi connectivity index (χ0n) is 11.3. The van der Waals surface area contributed by atoms with E-state index >= 15 is 0 Å². The normalized spacial score (nSPS) is 26.8. The maximum atomic E-state index is 10.6. The lowest BCUT2D eigenvalue weighted by atomic mass is 10.0. The Balaban J connectivity index is 1.75. The molecule has 0 bridgehead atoms. The van der Waals surface area contributed by atoms with Gasteiger partial charge in [0.1, 0.15) is 6.17 Å². The van der Waals surface area contributed by atoms with Crippen LogP contribution in [0.3, 0.4) is 0 Å². The summed E-state index contributed by atoms with van der Waals surface area (Å²) in [6.45, 7) is 1.95. The number of aliphatic imine (C=N–C) groups is 1. The molecule has 3 unspecified atom stereocenters. The van der Waals surface area contributed by atoms with Gasteiger partial charge >= 0.3 is 6.09 Å². The average molecular weight is 307 g/mol. The molecule has 2 aliphatic heterocycles. The highest BCUT2D eigenvalue weighted by molar-refractivity contribution is 6.31. The zero-order valence-corrected chi connectivity index (χ0v) is 12.1. The third kappa shape index (κ3) is 3.01. The van der Waals surface area contributed by atoms with Crippen LogP contribution in [0.25, 0.3) is 5.70 Å². The van der Waals surface area contributed by atoms with Gasteiger partial charge in [0.15, 0.2) is 0 Å². The first-order chi connectivity index (χ1) is 10.0. The predicted octanol–water partition coefficient (Wildman–Crippen LogP) is 1.55. The molecule has 21 heavy (non-hydrogen) atoms. The van der Waals surface area contributed by atoms with Crippen LogP contribution in [0.4, 0.5) is 4.79 Å². The molecule has 3 atom stereocenters. The standard InChI is InChI=1S/C14H15ClN4O2/c1-7-2-3-8(4-9(7)15)10-5-11(17-6-16-10)12-13(18-12)19-14(20)21/h2-6,11-13,18-19H,1H3,(H,16,17)(H,20,21). The number of nitrogens with zero attached hydrogens (tertiary/aromatic N) is 1. The van der Waals surface area contributed by atoms with E-state index in [9.17, 15) is 4.79 Å². The smallest absolute Gasteiger partial charge is 0.405 e. The van der Waals surface area contributed by atoms with Crippen molar-refractivity contribution in [2.24, 2.45) is 4.99 Å². The van der Waals surface area contributed by atoms with E-state index in [2.05, 4.69) is 20.9 Å². The van der Waals surface area contributed by atoms with Crippen LogP contribution in [0.15, 0.2) is 29.3 Å². The maximum Gasteiger partial charge on any atom is 0.405 e. The van der Waals surface area contributed by atoms with Crippen molar-refractivity contribution < 1.29 is 9.90 Å². The summed E-state index contributed by atoms with van der Waals surface area (Å²) >= 11 is 6.15. The van der Waals surface area contributed by atoms with Crippen molar-refractivity contribution in [2.75, 3.05) is 0 Å². The Bertz CT molecular complexity index is 644. The van der Waals surface area contributed by atoms with Gasteiger partial charge in [-0.05, 0) is 30.2 Å². The van der Waals surface area contributed by atoms with Crippen LogP contribution in [0.1, 0.15) is 11.1 Å². The number of benzene rings is 1. The first kappa shape index (κ1) is 13.9. The quantitative estimate of drug-likeness (QED) is 0.637. The Kier molecular flexibility index (Phi) is 3.57. The number of hydrogen-bond donors (Lipinski definition) is 4. The molecule has 1 amide bonds. The Morgan fingerprint density at radius 3 is 3.00 bits per heavy atom. The SMILES string of the molecule is Cc1ccc(C2=CC(C3NC3NC(=O)O)N=CN2)cc1Cl. The van der Waals surface area contributed by atoms with Crippen LogP contribution in [0, 0.1) is 6.92 Å². The molecule has 4 N–H and O–H groups in total. The number of nitrogens with one attached hydrogen (secondary N) is 3. The lowest BCUT2D eigenvalue weighted by molar-refractivity contribution is 0.193. The Hall–Kier alpha value is -2.05. The second-order valence-electron chi connectivity index (χ2n) is 5.08. The minimum Gasteiger partial charge on any atom is -0.465 e. The van der Waals surface area contributed by atoms with E-state index < -0.39 is 6.09 Å². The summed E-state index contributed by atoms with van der Waals surface area (Å²) in [5.41, 5.74) is 2.92. The molecular weight excluding hydrogens is 292 g/mol. The largest absolute Gasteiger partial charge is 0.465 e. The van der Waals surface area contributed by atoms with Gasteiger partial charge in [-0.1, -0.05) is 23.7 Å². The van der Waals surface area contributed by atoms with Crippen molar-refractivity contribution in [1.29, 1.82) is 0 Å². The topological polar surface area (TPSA) is 95.7 Å². The average Bonchev–Trinajstić information content (AvgIpc) is 3.20. The summed E-state index contributed by atoms with van der Waals surface area (Å²) in [6.07, 6.45) is 2.32. The summed E-state index contributed by atoms with van der Waals surface area (Å²) in [7, 11) is 0. The van der Waals surface area contributed by atoms with E-state index in [-0.39, 0.29) is 18.2 Å². The van der Waals surface area contributed by atoms with Gasteiger partial charge in [0, 0.05) is 10.7 Å². The number of aryl methyl sites for hydroxylation is 1. The second kappa shape index (κ2) is 5.38. The molecule has 7 heteroatoms. The number of hydrogen-bond acceptors (Lipinski definition) is 4. The predicted molar refractivity (Wildman–Crippen MR) is 81.5 cm³/mol. The van der Waals surface area contributed by atoms with Crippen LogP contribution >= 0.6 is 11.6 Å². The molecule has 1 fully saturated rings. The molecular formula is C14H15ClN4O2. The fourth-order valence-corrected chi connectivity index (χ4v) is 2.48. The maximum absolute atomic E-state index is 10.6. The van der Waals surface area contributed by atoms with Crippen LogP contribution in [-0.2, 0) is 0 Å². The molecule has 0 aliphatic carbocycles. The molecule has 2 heterocycles. The fraction of sp³-hybridized carbons (Fsp3) is 0.286. The number of amides is 1. The number of carboxylic acid groups (broad SMARTS) is 1. The van der Waals surface area contributed by atoms with E-state index in [1.54, 1.807) is 6.34 Å². The third-order valence-corrected chi connectivity index (χ3v) is 3.96. The Labute approximate surface area is 126 Å². The lowest BCUT2D eigenvalue weighted by Crippen LogP contribution is -2.30. The van der Waals surface area contributed by atoms with Crippen molar-refractivity contribution >= 4 is 29.7 Å². The van der Waals surface area contributed by atoms with E-state index in [1.807, 2.05) is 31.2 Å². The van der Waals surface area contributed by atoms with E-state index in [0.717, 1.165) is 16.8 Å². The number of carbonyl (C=O) groups is 1. The minimum atomic E-state index is -1.04. The highest BCUT2D eigenvalue weighted by Gasteiger charge is 2.43. The summed E-state index contributed by atoms with van der Waals surface area (Å²) in [5, 5.41) is 18.0. The highest BCUT2D eigenvalue weighted by atomic mass is 35.5. The van der Waals surface area contributed by atoms with Crippen molar-refractivity contribution in [2.45, 2.75) is 25.2 Å². The van der Waals surface area contributed by atoms with E-state index in [0.29, 0.717) is 5.02 Å². The first-order valence-corrected chi connectivity index (χ1v) is 6.94. The van der Waals surface area contributed by atoms with Gasteiger partial charge in [0.05, 0.1) is 18.4 Å². The monoisotopic (exact) mass is 306 g/mol. The minimum absolute atomic E-state index is 0.0182. The summed E-state index contributed by atoms with van der Waals surface area (Å²) < 4.78 is 0. The number of halogens is 1. The van der Waals surface area contributed by atoms with Crippen LogP contribution in [0.2, 0.25) is 5.02 Å². The fourth-order valence-electron chi connectivity index (χ4n) is 2.30. The summed E-state index contributed by atoms with van der Waals surface area (Å²) in [6, 6.07) is 5.72. The first-order valence-electron chi connectivity index (χ1n) is 6.56. The molecule has 1 aromatic carbocycles. The van der Waals surface area contributed by atoms with Gasteiger partial charge in [-0.3, -0.25) is 10.3 Å². The molecule has 110 valence electrons. The van der Waals surface area contributed by atoms with Crippen molar-refractivity contribution in [3.05, 3.63) is 40.4 Å². The molecule has 3 rings (SSSR count). The second-order valence-corrected chi connectivity index (χ2v) is 5.48. The van der Waals surface area contributed by atoms with Crippen LogP contribution in [-0.4, -0.2) is 35.8 Å². The highest BCUT2D eigenvalue weighted by Crippen LogP contribution is 2.25. The molecule has 1 saturated heterocycles.